The molecule has 2 atom stereocenters. The molecule has 2 aromatic heterocycles. The quantitative estimate of drug-likeness (QED) is 0.201. The third-order valence-corrected chi connectivity index (χ3v) is 8.59. The molecule has 0 unspecified atom stereocenters. The number of anilines is 1. The van der Waals surface area contributed by atoms with Gasteiger partial charge in [0.2, 0.25) is 5.91 Å². The lowest BCUT2D eigenvalue weighted by atomic mass is 9.96. The van der Waals surface area contributed by atoms with Crippen LogP contribution < -0.4 is 10.6 Å². The standard InChI is InChI=1S/C35H35N5OS/c1-22-15-16-23(2)31(20-22)40-24(3)21-28(25(40)4)34-33(30-13-7-8-18-36-30)38-35(42)39(34)19-17-32(41)37-29-14-9-11-26-10-5-6-12-27(26)29/h5-16,18,20-21,33-34H,17,19H2,1-4H3,(H,37,41)(H,38,42)/t33-,34-/m1/s1. The normalized spacial score (nSPS) is 16.6. The second-order valence-corrected chi connectivity index (χ2v) is 11.5. The first kappa shape index (κ1) is 27.7. The van der Waals surface area contributed by atoms with Crippen LogP contribution in [0.15, 0.2) is 91.1 Å². The number of hydrogen-bond donors (Lipinski definition) is 2. The molecule has 0 spiro atoms. The zero-order valence-corrected chi connectivity index (χ0v) is 25.2. The summed E-state index contributed by atoms with van der Waals surface area (Å²) in [6.07, 6.45) is 2.11. The van der Waals surface area contributed by atoms with Crippen LogP contribution in [0, 0.1) is 27.7 Å². The van der Waals surface area contributed by atoms with Gasteiger partial charge in [0, 0.05) is 47.3 Å². The average molecular weight is 574 g/mol. The van der Waals surface area contributed by atoms with Crippen molar-refractivity contribution in [1.29, 1.82) is 0 Å². The number of aromatic nitrogens is 2. The molecular weight excluding hydrogens is 538 g/mol. The number of carbonyl (C=O) groups is 1. The molecule has 0 saturated carbocycles. The van der Waals surface area contributed by atoms with Crippen molar-refractivity contribution < 1.29 is 4.79 Å². The van der Waals surface area contributed by atoms with Crippen LogP contribution in [-0.4, -0.2) is 32.0 Å². The van der Waals surface area contributed by atoms with Gasteiger partial charge >= 0.3 is 0 Å². The van der Waals surface area contributed by atoms with Gasteiger partial charge in [-0.25, -0.2) is 0 Å². The number of benzene rings is 3. The SMILES string of the molecule is Cc1ccc(C)c(-n2c(C)cc([C@@H]3[C@@H](c4ccccn4)NC(=S)N3CCC(=O)Nc3cccc4ccccc34)c2C)c1. The van der Waals surface area contributed by atoms with Crippen molar-refractivity contribution in [3.05, 3.63) is 125 Å². The van der Waals surface area contributed by atoms with E-state index < -0.39 is 0 Å². The Kier molecular flexibility index (Phi) is 7.52. The summed E-state index contributed by atoms with van der Waals surface area (Å²) in [6, 6.07) is 28.6. The van der Waals surface area contributed by atoms with E-state index in [0.29, 0.717) is 18.1 Å². The van der Waals surface area contributed by atoms with Gasteiger partial charge in [0.1, 0.15) is 0 Å². The molecule has 42 heavy (non-hydrogen) atoms. The van der Waals surface area contributed by atoms with Crippen LogP contribution in [0.25, 0.3) is 16.5 Å². The van der Waals surface area contributed by atoms with E-state index in [0.717, 1.165) is 33.5 Å². The molecule has 1 saturated heterocycles. The van der Waals surface area contributed by atoms with E-state index in [2.05, 4.69) is 84.2 Å². The fourth-order valence-electron chi connectivity index (χ4n) is 6.17. The third kappa shape index (κ3) is 5.16. The maximum absolute atomic E-state index is 13.3. The van der Waals surface area contributed by atoms with Crippen LogP contribution in [0.2, 0.25) is 0 Å². The second-order valence-electron chi connectivity index (χ2n) is 11.1. The third-order valence-electron chi connectivity index (χ3n) is 8.24. The molecule has 1 aliphatic heterocycles. The first-order valence-corrected chi connectivity index (χ1v) is 14.7. The minimum atomic E-state index is -0.146. The molecule has 1 fully saturated rings. The van der Waals surface area contributed by atoms with Gasteiger partial charge in [0.05, 0.1) is 17.8 Å². The van der Waals surface area contributed by atoms with E-state index in [-0.39, 0.29) is 18.0 Å². The Labute approximate surface area is 252 Å². The van der Waals surface area contributed by atoms with Gasteiger partial charge in [-0.05, 0) is 92.3 Å². The highest BCUT2D eigenvalue weighted by molar-refractivity contribution is 7.80. The van der Waals surface area contributed by atoms with Gasteiger partial charge in [-0.1, -0.05) is 54.6 Å². The smallest absolute Gasteiger partial charge is 0.226 e. The summed E-state index contributed by atoms with van der Waals surface area (Å²) in [5, 5.41) is 9.42. The molecule has 2 N–H and O–H groups in total. The van der Waals surface area contributed by atoms with Crippen LogP contribution in [0.3, 0.4) is 0 Å². The number of nitrogens with one attached hydrogen (secondary N) is 2. The fraction of sp³-hybridized carbons (Fsp3) is 0.229. The first-order valence-electron chi connectivity index (χ1n) is 14.3. The summed E-state index contributed by atoms with van der Waals surface area (Å²) in [6.45, 7) is 9.07. The molecule has 3 heterocycles. The summed E-state index contributed by atoms with van der Waals surface area (Å²) in [5.41, 5.74) is 8.84. The van der Waals surface area contributed by atoms with Gasteiger partial charge in [-0.2, -0.15) is 0 Å². The highest BCUT2D eigenvalue weighted by atomic mass is 32.1. The van der Waals surface area contributed by atoms with E-state index in [4.69, 9.17) is 17.2 Å². The van der Waals surface area contributed by atoms with E-state index in [9.17, 15) is 4.79 Å². The Morgan fingerprint density at radius 1 is 0.952 bits per heavy atom. The summed E-state index contributed by atoms with van der Waals surface area (Å²) < 4.78 is 2.33. The van der Waals surface area contributed by atoms with E-state index in [1.165, 1.54) is 22.4 Å². The predicted molar refractivity (Wildman–Crippen MR) is 174 cm³/mol. The van der Waals surface area contributed by atoms with Crippen LogP contribution >= 0.6 is 12.2 Å². The number of carbonyl (C=O) groups excluding carboxylic acids is 1. The van der Waals surface area contributed by atoms with E-state index in [1.807, 2.05) is 54.7 Å². The molecule has 7 heteroatoms. The molecule has 0 bridgehead atoms. The van der Waals surface area contributed by atoms with E-state index in [1.54, 1.807) is 0 Å². The summed E-state index contributed by atoms with van der Waals surface area (Å²) in [7, 11) is 0. The van der Waals surface area contributed by atoms with Crippen molar-refractivity contribution in [3.8, 4) is 5.69 Å². The largest absolute Gasteiger partial charge is 0.352 e. The minimum absolute atomic E-state index is 0.0463. The molecule has 6 rings (SSSR count). The van der Waals surface area contributed by atoms with Gasteiger partial charge in [-0.15, -0.1) is 0 Å². The molecular formula is C35H35N5OS. The van der Waals surface area contributed by atoms with Crippen molar-refractivity contribution in [1.82, 2.24) is 19.8 Å². The summed E-state index contributed by atoms with van der Waals surface area (Å²) >= 11 is 5.90. The van der Waals surface area contributed by atoms with Gasteiger partial charge in [-0.3, -0.25) is 9.78 Å². The number of amides is 1. The molecule has 1 aliphatic rings. The van der Waals surface area contributed by atoms with Gasteiger partial charge in [0.25, 0.3) is 0 Å². The lowest BCUT2D eigenvalue weighted by molar-refractivity contribution is -0.116. The average Bonchev–Trinajstić information content (AvgIpc) is 3.47. The Morgan fingerprint density at radius 3 is 2.55 bits per heavy atom. The van der Waals surface area contributed by atoms with Crippen LogP contribution in [0.5, 0.6) is 0 Å². The van der Waals surface area contributed by atoms with Crippen molar-refractivity contribution in [2.24, 2.45) is 0 Å². The molecule has 0 aliphatic carbocycles. The Hall–Kier alpha value is -4.49. The number of fused-ring (bicyclic) bond motifs is 1. The molecule has 212 valence electrons. The number of aryl methyl sites for hydroxylation is 3. The van der Waals surface area contributed by atoms with Crippen molar-refractivity contribution in [3.63, 3.8) is 0 Å². The fourth-order valence-corrected chi connectivity index (χ4v) is 6.50. The van der Waals surface area contributed by atoms with Crippen molar-refractivity contribution in [2.75, 3.05) is 11.9 Å². The zero-order chi connectivity index (χ0) is 29.4. The minimum Gasteiger partial charge on any atom is -0.352 e. The molecule has 1 amide bonds. The summed E-state index contributed by atoms with van der Waals surface area (Å²) in [4.78, 5) is 20.1. The first-order chi connectivity index (χ1) is 20.3. The van der Waals surface area contributed by atoms with Crippen LogP contribution in [-0.2, 0) is 4.79 Å². The summed E-state index contributed by atoms with van der Waals surface area (Å²) in [5.74, 6) is -0.0463. The number of rotatable bonds is 7. The van der Waals surface area contributed by atoms with E-state index >= 15 is 0 Å². The number of thiocarbonyl (C=S) groups is 1. The number of pyridine rings is 1. The highest BCUT2D eigenvalue weighted by Crippen LogP contribution is 2.41. The number of nitrogens with zero attached hydrogens (tertiary/aromatic N) is 3. The maximum Gasteiger partial charge on any atom is 0.226 e. The Balaban J connectivity index is 1.33. The Morgan fingerprint density at radius 2 is 1.74 bits per heavy atom. The highest BCUT2D eigenvalue weighted by Gasteiger charge is 2.41. The predicted octanol–water partition coefficient (Wildman–Crippen LogP) is 7.26. The number of hydrogen-bond acceptors (Lipinski definition) is 3. The maximum atomic E-state index is 13.3. The topological polar surface area (TPSA) is 62.2 Å². The van der Waals surface area contributed by atoms with Crippen molar-refractivity contribution >= 4 is 39.7 Å². The monoisotopic (exact) mass is 573 g/mol. The van der Waals surface area contributed by atoms with Gasteiger partial charge < -0.3 is 20.1 Å². The Bertz CT molecular complexity index is 1790. The van der Waals surface area contributed by atoms with Crippen LogP contribution in [0.4, 0.5) is 5.69 Å². The molecule has 0 radical (unpaired) electrons. The van der Waals surface area contributed by atoms with Gasteiger partial charge in [0.15, 0.2) is 5.11 Å². The second kappa shape index (κ2) is 11.4. The van der Waals surface area contributed by atoms with Crippen molar-refractivity contribution in [2.45, 2.75) is 46.2 Å². The molecule has 3 aromatic carbocycles. The van der Waals surface area contributed by atoms with Crippen LogP contribution in [0.1, 0.15) is 52.3 Å². The lowest BCUT2D eigenvalue weighted by Crippen LogP contribution is -2.33. The molecule has 5 aromatic rings. The lowest BCUT2D eigenvalue weighted by Gasteiger charge is -2.28. The molecule has 6 nitrogen and oxygen atoms in total. The zero-order valence-electron chi connectivity index (χ0n) is 24.4.